The van der Waals surface area contributed by atoms with Crippen LogP contribution in [0.1, 0.15) is 39.3 Å². The van der Waals surface area contributed by atoms with Gasteiger partial charge in [-0.05, 0) is 19.8 Å². The topological polar surface area (TPSA) is 80.9 Å². The molecule has 0 bridgehead atoms. The Hall–Kier alpha value is -2.54. The van der Waals surface area contributed by atoms with E-state index in [2.05, 4.69) is 20.7 Å². The first-order valence-electron chi connectivity index (χ1n) is 7.82. The lowest BCUT2D eigenvalue weighted by atomic mass is 9.80. The Balaban J connectivity index is 1.35. The summed E-state index contributed by atoms with van der Waals surface area (Å²) in [5, 5.41) is 17.1. The molecule has 1 saturated carbocycles. The summed E-state index contributed by atoms with van der Waals surface area (Å²) in [6.07, 6.45) is 1.79. The fraction of sp³-hybridized carbons (Fsp3) is 0.294. The van der Waals surface area contributed by atoms with Gasteiger partial charge in [0, 0.05) is 23.6 Å². The molecule has 7 heteroatoms. The van der Waals surface area contributed by atoms with Crippen LogP contribution in [0.25, 0.3) is 11.3 Å². The SMILES string of the molecule is Cc1nnc([C@H]2C[C@@H](NC(=O)c3cc(-c4ccccc4)on3)C2)s1. The van der Waals surface area contributed by atoms with Crippen molar-refractivity contribution in [3.63, 3.8) is 0 Å². The maximum atomic E-state index is 12.3. The number of aromatic nitrogens is 3. The van der Waals surface area contributed by atoms with Crippen molar-refractivity contribution in [2.75, 3.05) is 0 Å². The van der Waals surface area contributed by atoms with Gasteiger partial charge in [0.2, 0.25) is 0 Å². The van der Waals surface area contributed by atoms with Crippen LogP contribution in [0.15, 0.2) is 40.9 Å². The van der Waals surface area contributed by atoms with E-state index in [0.29, 0.717) is 17.4 Å². The van der Waals surface area contributed by atoms with Crippen molar-refractivity contribution in [3.05, 3.63) is 52.1 Å². The Kier molecular flexibility index (Phi) is 3.86. The molecule has 4 rings (SSSR count). The summed E-state index contributed by atoms with van der Waals surface area (Å²) in [6, 6.07) is 11.4. The predicted molar refractivity (Wildman–Crippen MR) is 89.8 cm³/mol. The molecule has 0 atom stereocenters. The van der Waals surface area contributed by atoms with E-state index in [-0.39, 0.29) is 11.9 Å². The van der Waals surface area contributed by atoms with Crippen molar-refractivity contribution < 1.29 is 9.32 Å². The Morgan fingerprint density at radius 2 is 2.04 bits per heavy atom. The lowest BCUT2D eigenvalue weighted by molar-refractivity contribution is 0.0899. The molecule has 1 aliphatic carbocycles. The fourth-order valence-corrected chi connectivity index (χ4v) is 3.62. The molecule has 6 nitrogen and oxygen atoms in total. The maximum absolute atomic E-state index is 12.3. The van der Waals surface area contributed by atoms with Crippen LogP contribution in [0.4, 0.5) is 0 Å². The molecule has 1 aliphatic rings. The third-order valence-electron chi connectivity index (χ3n) is 4.17. The normalized spacial score (nSPS) is 19.7. The van der Waals surface area contributed by atoms with Gasteiger partial charge >= 0.3 is 0 Å². The molecule has 0 spiro atoms. The van der Waals surface area contributed by atoms with Crippen LogP contribution >= 0.6 is 11.3 Å². The van der Waals surface area contributed by atoms with Crippen molar-refractivity contribution in [2.24, 2.45) is 0 Å². The number of nitrogens with one attached hydrogen (secondary N) is 1. The van der Waals surface area contributed by atoms with Crippen molar-refractivity contribution >= 4 is 17.2 Å². The Bertz CT molecular complexity index is 852. The largest absolute Gasteiger partial charge is 0.355 e. The minimum atomic E-state index is -0.196. The molecule has 24 heavy (non-hydrogen) atoms. The zero-order valence-electron chi connectivity index (χ0n) is 13.1. The molecule has 1 amide bonds. The number of hydrogen-bond acceptors (Lipinski definition) is 6. The number of nitrogens with zero attached hydrogens (tertiary/aromatic N) is 3. The van der Waals surface area contributed by atoms with Crippen molar-refractivity contribution in [3.8, 4) is 11.3 Å². The monoisotopic (exact) mass is 340 g/mol. The number of hydrogen-bond donors (Lipinski definition) is 1. The molecule has 3 aromatic rings. The van der Waals surface area contributed by atoms with Crippen LogP contribution in [0.3, 0.4) is 0 Å². The Labute approximate surface area is 142 Å². The molecule has 2 aromatic heterocycles. The first-order chi connectivity index (χ1) is 11.7. The average Bonchev–Trinajstić information content (AvgIpc) is 3.20. The van der Waals surface area contributed by atoms with E-state index < -0.39 is 0 Å². The molecule has 2 heterocycles. The minimum Gasteiger partial charge on any atom is -0.355 e. The zero-order chi connectivity index (χ0) is 16.5. The highest BCUT2D eigenvalue weighted by Gasteiger charge is 2.34. The minimum absolute atomic E-state index is 0.156. The fourth-order valence-electron chi connectivity index (χ4n) is 2.79. The molecule has 0 aliphatic heterocycles. The van der Waals surface area contributed by atoms with Crippen molar-refractivity contribution in [1.82, 2.24) is 20.7 Å². The molecule has 0 unspecified atom stereocenters. The first-order valence-corrected chi connectivity index (χ1v) is 8.63. The number of aryl methyl sites for hydroxylation is 1. The van der Waals surface area contributed by atoms with Crippen LogP contribution in [-0.4, -0.2) is 27.3 Å². The van der Waals surface area contributed by atoms with Gasteiger partial charge in [-0.25, -0.2) is 0 Å². The molecule has 1 aromatic carbocycles. The summed E-state index contributed by atoms with van der Waals surface area (Å²) in [7, 11) is 0. The van der Waals surface area contributed by atoms with Gasteiger partial charge in [-0.1, -0.05) is 35.5 Å². The van der Waals surface area contributed by atoms with Crippen LogP contribution in [-0.2, 0) is 0 Å². The molecule has 0 saturated heterocycles. The van der Waals surface area contributed by atoms with Gasteiger partial charge in [0.15, 0.2) is 11.5 Å². The number of benzene rings is 1. The van der Waals surface area contributed by atoms with Gasteiger partial charge < -0.3 is 9.84 Å². The lowest BCUT2D eigenvalue weighted by Crippen LogP contribution is -2.43. The third kappa shape index (κ3) is 2.94. The molecule has 1 N–H and O–H groups in total. The maximum Gasteiger partial charge on any atom is 0.273 e. The second kappa shape index (κ2) is 6.16. The van der Waals surface area contributed by atoms with E-state index in [0.717, 1.165) is 28.4 Å². The van der Waals surface area contributed by atoms with Crippen LogP contribution < -0.4 is 5.32 Å². The van der Waals surface area contributed by atoms with Gasteiger partial charge in [0.05, 0.1) is 0 Å². The highest BCUT2D eigenvalue weighted by atomic mass is 32.1. The zero-order valence-corrected chi connectivity index (χ0v) is 13.9. The van der Waals surface area contributed by atoms with E-state index in [1.807, 2.05) is 37.3 Å². The molecule has 0 radical (unpaired) electrons. The van der Waals surface area contributed by atoms with E-state index in [4.69, 9.17) is 4.52 Å². The van der Waals surface area contributed by atoms with Crippen molar-refractivity contribution in [2.45, 2.75) is 31.7 Å². The number of carbonyl (C=O) groups excluding carboxylic acids is 1. The summed E-state index contributed by atoms with van der Waals surface area (Å²) >= 11 is 1.63. The number of amides is 1. The summed E-state index contributed by atoms with van der Waals surface area (Å²) in [4.78, 5) is 12.3. The Morgan fingerprint density at radius 3 is 2.75 bits per heavy atom. The molecule has 122 valence electrons. The summed E-state index contributed by atoms with van der Waals surface area (Å²) in [5.41, 5.74) is 1.21. The van der Waals surface area contributed by atoms with Gasteiger partial charge in [-0.3, -0.25) is 4.79 Å². The summed E-state index contributed by atoms with van der Waals surface area (Å²) < 4.78 is 5.27. The molecular formula is C17H16N4O2S. The lowest BCUT2D eigenvalue weighted by Gasteiger charge is -2.33. The van der Waals surface area contributed by atoms with Gasteiger partial charge in [0.1, 0.15) is 10.0 Å². The van der Waals surface area contributed by atoms with E-state index in [1.54, 1.807) is 17.4 Å². The van der Waals surface area contributed by atoms with Crippen molar-refractivity contribution in [1.29, 1.82) is 0 Å². The second-order valence-electron chi connectivity index (χ2n) is 5.94. The van der Waals surface area contributed by atoms with Gasteiger partial charge in [-0.15, -0.1) is 21.5 Å². The summed E-state index contributed by atoms with van der Waals surface area (Å²) in [5.74, 6) is 0.799. The van der Waals surface area contributed by atoms with Gasteiger partial charge in [-0.2, -0.15) is 0 Å². The van der Waals surface area contributed by atoms with E-state index in [9.17, 15) is 4.79 Å². The Morgan fingerprint density at radius 1 is 1.25 bits per heavy atom. The smallest absolute Gasteiger partial charge is 0.273 e. The van der Waals surface area contributed by atoms with Crippen LogP contribution in [0, 0.1) is 6.92 Å². The van der Waals surface area contributed by atoms with Crippen LogP contribution in [0.2, 0.25) is 0 Å². The second-order valence-corrected chi connectivity index (χ2v) is 7.15. The van der Waals surface area contributed by atoms with E-state index in [1.165, 1.54) is 0 Å². The standard InChI is InChI=1S/C17H16N4O2S/c1-10-19-20-17(24-10)12-7-13(8-12)18-16(22)14-9-15(23-21-14)11-5-3-2-4-6-11/h2-6,9,12-13H,7-8H2,1H3,(H,18,22)/t12-,13+. The average molecular weight is 340 g/mol. The van der Waals surface area contributed by atoms with E-state index >= 15 is 0 Å². The quantitative estimate of drug-likeness (QED) is 0.789. The third-order valence-corrected chi connectivity index (χ3v) is 5.17. The molecule has 1 fully saturated rings. The van der Waals surface area contributed by atoms with Gasteiger partial charge in [0.25, 0.3) is 5.91 Å². The number of carbonyl (C=O) groups is 1. The molecular weight excluding hydrogens is 324 g/mol. The predicted octanol–water partition coefficient (Wildman–Crippen LogP) is 3.18. The number of rotatable bonds is 4. The first kappa shape index (κ1) is 15.0. The highest BCUT2D eigenvalue weighted by molar-refractivity contribution is 7.11. The highest BCUT2D eigenvalue weighted by Crippen LogP contribution is 2.38. The van der Waals surface area contributed by atoms with Crippen LogP contribution in [0.5, 0.6) is 0 Å². The summed E-state index contributed by atoms with van der Waals surface area (Å²) in [6.45, 7) is 1.95.